The van der Waals surface area contributed by atoms with Crippen molar-refractivity contribution in [2.75, 3.05) is 14.2 Å². The lowest BCUT2D eigenvalue weighted by molar-refractivity contribution is 0.00941. The molecule has 1 N–H and O–H groups in total. The Morgan fingerprint density at radius 1 is 1.15 bits per heavy atom. The average molecular weight is 316 g/mol. The van der Waals surface area contributed by atoms with Crippen LogP contribution in [0.5, 0.6) is 0 Å². The zero-order valence-corrected chi connectivity index (χ0v) is 13.7. The van der Waals surface area contributed by atoms with Crippen LogP contribution in [0.3, 0.4) is 0 Å². The number of methoxy groups -OCH3 is 1. The van der Waals surface area contributed by atoms with Crippen LogP contribution in [0.2, 0.25) is 10.0 Å². The lowest BCUT2D eigenvalue weighted by Gasteiger charge is -2.35. The molecule has 0 aliphatic heterocycles. The predicted molar refractivity (Wildman–Crippen MR) is 85.6 cm³/mol. The lowest BCUT2D eigenvalue weighted by Crippen LogP contribution is -2.37. The van der Waals surface area contributed by atoms with Crippen LogP contribution in [0.4, 0.5) is 0 Å². The molecule has 1 aliphatic carbocycles. The molecule has 112 valence electrons. The van der Waals surface area contributed by atoms with Crippen molar-refractivity contribution in [3.05, 3.63) is 33.8 Å². The molecule has 0 saturated heterocycles. The van der Waals surface area contributed by atoms with Crippen molar-refractivity contribution in [1.29, 1.82) is 0 Å². The Bertz CT molecular complexity index is 432. The second kappa shape index (κ2) is 7.65. The van der Waals surface area contributed by atoms with Gasteiger partial charge in [0.2, 0.25) is 0 Å². The molecule has 0 radical (unpaired) electrons. The van der Waals surface area contributed by atoms with E-state index in [9.17, 15) is 0 Å². The predicted octanol–water partition coefficient (Wildman–Crippen LogP) is 4.85. The summed E-state index contributed by atoms with van der Waals surface area (Å²) in [5.74, 6) is 0.612. The summed E-state index contributed by atoms with van der Waals surface area (Å²) in [5, 5.41) is 4.58. The van der Waals surface area contributed by atoms with Gasteiger partial charge in [0, 0.05) is 7.11 Å². The molecule has 1 saturated carbocycles. The van der Waals surface area contributed by atoms with E-state index in [0.29, 0.717) is 16.0 Å². The summed E-state index contributed by atoms with van der Waals surface area (Å²) in [4.78, 5) is 0. The maximum absolute atomic E-state index is 6.15. The number of hydrogen-bond donors (Lipinski definition) is 1. The molecule has 4 heteroatoms. The van der Waals surface area contributed by atoms with E-state index in [1.165, 1.54) is 32.1 Å². The zero-order valence-electron chi connectivity index (χ0n) is 12.2. The molecule has 0 spiro atoms. The maximum Gasteiger partial charge on any atom is 0.0793 e. The molecule has 2 atom stereocenters. The average Bonchev–Trinajstić information content (AvgIpc) is 2.48. The smallest absolute Gasteiger partial charge is 0.0793 e. The Morgan fingerprint density at radius 3 is 2.40 bits per heavy atom. The molecule has 0 aromatic heterocycles. The summed E-state index contributed by atoms with van der Waals surface area (Å²) < 4.78 is 5.83. The number of benzene rings is 1. The topological polar surface area (TPSA) is 21.3 Å². The normalized spacial score (nSPS) is 19.8. The monoisotopic (exact) mass is 315 g/mol. The number of ether oxygens (including phenoxy) is 1. The fraction of sp³-hybridized carbons (Fsp3) is 0.625. The van der Waals surface area contributed by atoms with Crippen molar-refractivity contribution < 1.29 is 4.74 Å². The quantitative estimate of drug-likeness (QED) is 0.838. The summed E-state index contributed by atoms with van der Waals surface area (Å²) in [6.45, 7) is 0. The molecule has 2 nitrogen and oxygen atoms in total. The second-order valence-electron chi connectivity index (χ2n) is 5.54. The summed E-state index contributed by atoms with van der Waals surface area (Å²) in [6.07, 6.45) is 6.64. The van der Waals surface area contributed by atoms with Gasteiger partial charge in [0.15, 0.2) is 0 Å². The van der Waals surface area contributed by atoms with Crippen LogP contribution >= 0.6 is 23.2 Å². The van der Waals surface area contributed by atoms with E-state index in [4.69, 9.17) is 27.9 Å². The van der Waals surface area contributed by atoms with Gasteiger partial charge in [-0.25, -0.2) is 0 Å². The van der Waals surface area contributed by atoms with Gasteiger partial charge in [-0.15, -0.1) is 0 Å². The van der Waals surface area contributed by atoms with E-state index in [1.807, 2.05) is 25.2 Å². The van der Waals surface area contributed by atoms with Crippen molar-refractivity contribution in [3.8, 4) is 0 Å². The molecule has 1 aromatic carbocycles. The van der Waals surface area contributed by atoms with Gasteiger partial charge in [-0.1, -0.05) is 48.5 Å². The Labute approximate surface area is 131 Å². The molecule has 0 amide bonds. The molecule has 0 heterocycles. The van der Waals surface area contributed by atoms with Gasteiger partial charge in [0.05, 0.1) is 22.2 Å². The molecule has 20 heavy (non-hydrogen) atoms. The first-order chi connectivity index (χ1) is 9.67. The number of likely N-dealkylation sites (N-methyl/N-ethyl adjacent to an activating group) is 1. The highest BCUT2D eigenvalue weighted by molar-refractivity contribution is 6.42. The Morgan fingerprint density at radius 2 is 1.85 bits per heavy atom. The lowest BCUT2D eigenvalue weighted by atomic mass is 9.81. The first kappa shape index (κ1) is 16.1. The Balaban J connectivity index is 2.21. The number of hydrogen-bond acceptors (Lipinski definition) is 2. The van der Waals surface area contributed by atoms with Crippen LogP contribution in [0, 0.1) is 5.92 Å². The van der Waals surface area contributed by atoms with Crippen LogP contribution in [0.15, 0.2) is 18.2 Å². The fourth-order valence-electron chi connectivity index (χ4n) is 3.29. The fourth-order valence-corrected chi connectivity index (χ4v) is 3.60. The molecule has 2 unspecified atom stereocenters. The minimum atomic E-state index is 0.151. The van der Waals surface area contributed by atoms with E-state index < -0.39 is 0 Å². The first-order valence-electron chi connectivity index (χ1n) is 7.32. The third-order valence-corrected chi connectivity index (χ3v) is 5.07. The summed E-state index contributed by atoms with van der Waals surface area (Å²) in [6, 6.07) is 5.99. The maximum atomic E-state index is 6.15. The van der Waals surface area contributed by atoms with Gasteiger partial charge in [0.25, 0.3) is 0 Å². The van der Waals surface area contributed by atoms with E-state index in [2.05, 4.69) is 5.32 Å². The number of halogens is 2. The molecule has 1 aliphatic rings. The van der Waals surface area contributed by atoms with Gasteiger partial charge in [-0.2, -0.15) is 0 Å². The highest BCUT2D eigenvalue weighted by Gasteiger charge is 2.31. The Hall–Kier alpha value is -0.280. The van der Waals surface area contributed by atoms with Crippen LogP contribution in [-0.2, 0) is 4.74 Å². The van der Waals surface area contributed by atoms with E-state index in [1.54, 1.807) is 7.11 Å². The molecular formula is C16H23Cl2NO. The minimum Gasteiger partial charge on any atom is -0.379 e. The van der Waals surface area contributed by atoms with Crippen molar-refractivity contribution in [2.45, 2.75) is 44.2 Å². The van der Waals surface area contributed by atoms with Crippen molar-refractivity contribution in [3.63, 3.8) is 0 Å². The highest BCUT2D eigenvalue weighted by atomic mass is 35.5. The van der Waals surface area contributed by atoms with Crippen LogP contribution in [-0.4, -0.2) is 20.3 Å². The molecule has 1 aromatic rings. The van der Waals surface area contributed by atoms with Crippen LogP contribution in [0.25, 0.3) is 0 Å². The second-order valence-corrected chi connectivity index (χ2v) is 6.35. The van der Waals surface area contributed by atoms with Crippen LogP contribution < -0.4 is 5.32 Å². The van der Waals surface area contributed by atoms with Crippen molar-refractivity contribution >= 4 is 23.2 Å². The van der Waals surface area contributed by atoms with E-state index >= 15 is 0 Å². The summed E-state index contributed by atoms with van der Waals surface area (Å²) >= 11 is 12.2. The van der Waals surface area contributed by atoms with Gasteiger partial charge < -0.3 is 10.1 Å². The summed E-state index contributed by atoms with van der Waals surface area (Å²) in [5.41, 5.74) is 1.14. The van der Waals surface area contributed by atoms with E-state index in [0.717, 1.165) is 5.56 Å². The highest BCUT2D eigenvalue weighted by Crippen LogP contribution is 2.35. The first-order valence-corrected chi connectivity index (χ1v) is 8.08. The van der Waals surface area contributed by atoms with E-state index in [-0.39, 0.29) is 12.1 Å². The van der Waals surface area contributed by atoms with Gasteiger partial charge in [-0.05, 0) is 43.5 Å². The molecule has 0 bridgehead atoms. The molecule has 1 fully saturated rings. The van der Waals surface area contributed by atoms with Crippen molar-refractivity contribution in [2.24, 2.45) is 5.92 Å². The summed E-state index contributed by atoms with van der Waals surface area (Å²) in [7, 11) is 3.78. The third kappa shape index (κ3) is 3.67. The SMILES string of the molecule is CNC(c1ccc(Cl)c(Cl)c1)C(OC)C1CCCCC1. The number of nitrogens with one attached hydrogen (secondary N) is 1. The largest absolute Gasteiger partial charge is 0.379 e. The third-order valence-electron chi connectivity index (χ3n) is 4.33. The van der Waals surface area contributed by atoms with Crippen molar-refractivity contribution in [1.82, 2.24) is 5.32 Å². The standard InChI is InChI=1S/C16H23Cl2NO/c1-19-15(12-8-9-13(17)14(18)10-12)16(20-2)11-6-4-3-5-7-11/h8-11,15-16,19H,3-7H2,1-2H3. The van der Waals surface area contributed by atoms with Gasteiger partial charge in [0.1, 0.15) is 0 Å². The minimum absolute atomic E-state index is 0.151. The Kier molecular flexibility index (Phi) is 6.16. The van der Waals surface area contributed by atoms with Gasteiger partial charge >= 0.3 is 0 Å². The number of rotatable bonds is 5. The zero-order chi connectivity index (χ0) is 14.5. The molecule has 2 rings (SSSR count). The van der Waals surface area contributed by atoms with Gasteiger partial charge in [-0.3, -0.25) is 0 Å². The molecular weight excluding hydrogens is 293 g/mol. The van der Waals surface area contributed by atoms with Crippen LogP contribution in [0.1, 0.15) is 43.7 Å².